The summed E-state index contributed by atoms with van der Waals surface area (Å²) in [6.07, 6.45) is 0. The monoisotopic (exact) mass is 398 g/mol. The zero-order valence-corrected chi connectivity index (χ0v) is 16.9. The predicted molar refractivity (Wildman–Crippen MR) is 103 cm³/mol. The van der Waals surface area contributed by atoms with Gasteiger partial charge < -0.3 is 19.9 Å². The van der Waals surface area contributed by atoms with Crippen LogP contribution < -0.4 is 10.2 Å². The first-order valence-electron chi connectivity index (χ1n) is 9.00. The number of carbonyl (C=O) groups excluding carboxylic acids is 1. The van der Waals surface area contributed by atoms with E-state index in [9.17, 15) is 13.6 Å². The summed E-state index contributed by atoms with van der Waals surface area (Å²) in [5, 5.41) is 3.26. The van der Waals surface area contributed by atoms with E-state index in [1.807, 2.05) is 0 Å². The molecule has 0 saturated carbocycles. The third-order valence-corrected chi connectivity index (χ3v) is 5.32. The van der Waals surface area contributed by atoms with Crippen molar-refractivity contribution in [2.45, 2.75) is 26.8 Å². The fraction of sp³-hybridized carbons (Fsp3) is 0.474. The number of halogens is 2. The maximum absolute atomic E-state index is 14.4. The Bertz CT molecular complexity index is 730. The minimum absolute atomic E-state index is 0.157. The Balaban J connectivity index is 2.47. The van der Waals surface area contributed by atoms with Crippen molar-refractivity contribution in [3.8, 4) is 0 Å². The number of nitrogens with one attached hydrogen (secondary N) is 2. The molecule has 0 amide bonds. The zero-order valence-electron chi connectivity index (χ0n) is 16.1. The van der Waals surface area contributed by atoms with Gasteiger partial charge in [0.15, 0.2) is 5.11 Å². The summed E-state index contributed by atoms with van der Waals surface area (Å²) in [6.45, 7) is 9.28. The van der Waals surface area contributed by atoms with Crippen LogP contribution in [0.3, 0.4) is 0 Å². The van der Waals surface area contributed by atoms with E-state index in [1.54, 1.807) is 11.8 Å². The van der Waals surface area contributed by atoms with Crippen LogP contribution in [0.4, 0.5) is 8.78 Å². The lowest BCUT2D eigenvalue weighted by Crippen LogP contribution is -3.12. The maximum atomic E-state index is 14.4. The summed E-state index contributed by atoms with van der Waals surface area (Å²) >= 11 is 5.44. The number of allylic oxidation sites excluding steroid dienone is 1. The number of hydrogen-bond acceptors (Lipinski definition) is 3. The molecule has 8 heteroatoms. The quantitative estimate of drug-likeness (QED) is 0.539. The molecule has 0 spiro atoms. The summed E-state index contributed by atoms with van der Waals surface area (Å²) in [5.41, 5.74) is 0.461. The van der Waals surface area contributed by atoms with Gasteiger partial charge in [0.1, 0.15) is 11.6 Å². The number of ether oxygens (including phenoxy) is 1. The van der Waals surface area contributed by atoms with Gasteiger partial charge in [0, 0.05) is 5.70 Å². The van der Waals surface area contributed by atoms with Gasteiger partial charge in [0.2, 0.25) is 0 Å². The molecular weight excluding hydrogens is 372 g/mol. The van der Waals surface area contributed by atoms with Crippen molar-refractivity contribution in [1.29, 1.82) is 0 Å². The largest absolute Gasteiger partial charge is 0.466 e. The highest BCUT2D eigenvalue weighted by Gasteiger charge is 2.37. The second-order valence-corrected chi connectivity index (χ2v) is 6.75. The van der Waals surface area contributed by atoms with Crippen LogP contribution >= 0.6 is 12.2 Å². The third-order valence-electron chi connectivity index (χ3n) is 4.98. The number of rotatable bonds is 7. The second kappa shape index (κ2) is 9.23. The number of methoxy groups -OCH3 is 1. The molecule has 0 saturated heterocycles. The molecule has 0 aromatic heterocycles. The third kappa shape index (κ3) is 4.44. The van der Waals surface area contributed by atoms with Gasteiger partial charge in [-0.15, -0.1) is 0 Å². The van der Waals surface area contributed by atoms with E-state index in [2.05, 4.69) is 19.2 Å². The summed E-state index contributed by atoms with van der Waals surface area (Å²) < 4.78 is 33.6. The summed E-state index contributed by atoms with van der Waals surface area (Å²) in [6, 6.07) is 2.55. The Kier molecular flexibility index (Phi) is 7.26. The number of benzene rings is 1. The van der Waals surface area contributed by atoms with Crippen molar-refractivity contribution in [2.24, 2.45) is 0 Å². The number of esters is 1. The molecule has 0 aliphatic carbocycles. The first-order chi connectivity index (χ1) is 12.8. The average Bonchev–Trinajstić information content (AvgIpc) is 2.64. The first kappa shape index (κ1) is 21.2. The van der Waals surface area contributed by atoms with Gasteiger partial charge in [-0.1, -0.05) is 6.07 Å². The molecule has 2 rings (SSSR count). The molecular formula is C19H26F2N3O2S+. The van der Waals surface area contributed by atoms with E-state index in [0.717, 1.165) is 31.8 Å². The Morgan fingerprint density at radius 2 is 1.89 bits per heavy atom. The van der Waals surface area contributed by atoms with E-state index in [1.165, 1.54) is 18.1 Å². The number of likely N-dealkylation sites (N-methyl/N-ethyl adjacent to an activating group) is 1. The van der Waals surface area contributed by atoms with Crippen molar-refractivity contribution >= 4 is 23.3 Å². The lowest BCUT2D eigenvalue weighted by molar-refractivity contribution is -0.895. The molecule has 0 radical (unpaired) electrons. The standard InChI is InChI=1S/C19H25F2N3O2S/c1-5-23(6-2)10-11-24-12(3)15(18(25)26-4)17(22-19(24)27)16-13(20)8-7-9-14(16)21/h7-9,17H,5-6,10-11H2,1-4H3,(H,22,27)/p+1/t17-/m0/s1. The number of quaternary nitrogens is 1. The Hall–Kier alpha value is -2.06. The molecule has 0 bridgehead atoms. The smallest absolute Gasteiger partial charge is 0.337 e. The molecule has 148 valence electrons. The average molecular weight is 398 g/mol. The van der Waals surface area contributed by atoms with Gasteiger partial charge in [-0.25, -0.2) is 13.6 Å². The van der Waals surface area contributed by atoms with Crippen LogP contribution in [0.1, 0.15) is 32.4 Å². The Morgan fingerprint density at radius 1 is 1.30 bits per heavy atom. The molecule has 1 aliphatic rings. The van der Waals surface area contributed by atoms with E-state index in [4.69, 9.17) is 17.0 Å². The highest BCUT2D eigenvalue weighted by atomic mass is 32.1. The molecule has 1 heterocycles. The number of carbonyl (C=O) groups is 1. The maximum Gasteiger partial charge on any atom is 0.337 e. The molecule has 27 heavy (non-hydrogen) atoms. The number of hydrogen-bond donors (Lipinski definition) is 2. The van der Waals surface area contributed by atoms with Crippen LogP contribution in [0.25, 0.3) is 0 Å². The zero-order chi connectivity index (χ0) is 20.1. The minimum atomic E-state index is -1.04. The molecule has 1 atom stereocenters. The lowest BCUT2D eigenvalue weighted by atomic mass is 9.94. The summed E-state index contributed by atoms with van der Waals surface area (Å²) in [5.74, 6) is -2.13. The van der Waals surface area contributed by atoms with Crippen molar-refractivity contribution in [2.75, 3.05) is 33.3 Å². The van der Waals surface area contributed by atoms with E-state index in [-0.39, 0.29) is 11.1 Å². The highest BCUT2D eigenvalue weighted by molar-refractivity contribution is 7.80. The van der Waals surface area contributed by atoms with E-state index in [0.29, 0.717) is 17.4 Å². The lowest BCUT2D eigenvalue weighted by Gasteiger charge is -2.37. The molecule has 5 nitrogen and oxygen atoms in total. The molecule has 0 unspecified atom stereocenters. The van der Waals surface area contributed by atoms with Crippen molar-refractivity contribution in [3.05, 3.63) is 46.7 Å². The van der Waals surface area contributed by atoms with Gasteiger partial charge in [0.05, 0.1) is 50.5 Å². The summed E-state index contributed by atoms with van der Waals surface area (Å²) in [7, 11) is 1.24. The van der Waals surface area contributed by atoms with Crippen molar-refractivity contribution in [1.82, 2.24) is 10.2 Å². The van der Waals surface area contributed by atoms with Crippen LogP contribution in [-0.2, 0) is 9.53 Å². The normalized spacial score (nSPS) is 17.4. The Morgan fingerprint density at radius 3 is 2.41 bits per heavy atom. The first-order valence-corrected chi connectivity index (χ1v) is 9.41. The van der Waals surface area contributed by atoms with Gasteiger partial charge in [-0.3, -0.25) is 0 Å². The van der Waals surface area contributed by atoms with Crippen LogP contribution in [0.15, 0.2) is 29.5 Å². The fourth-order valence-electron chi connectivity index (χ4n) is 3.30. The topological polar surface area (TPSA) is 46.0 Å². The fourth-order valence-corrected chi connectivity index (χ4v) is 3.65. The van der Waals surface area contributed by atoms with Gasteiger partial charge in [0.25, 0.3) is 0 Å². The molecule has 2 N–H and O–H groups in total. The van der Waals surface area contributed by atoms with Crippen molar-refractivity contribution < 1.29 is 23.2 Å². The van der Waals surface area contributed by atoms with Crippen LogP contribution in [0.2, 0.25) is 0 Å². The van der Waals surface area contributed by atoms with Crippen LogP contribution in [0, 0.1) is 11.6 Å². The van der Waals surface area contributed by atoms with Crippen LogP contribution in [-0.4, -0.2) is 49.3 Å². The highest BCUT2D eigenvalue weighted by Crippen LogP contribution is 2.33. The number of nitrogens with zero attached hydrogens (tertiary/aromatic N) is 1. The molecule has 0 fully saturated rings. The van der Waals surface area contributed by atoms with Crippen molar-refractivity contribution in [3.63, 3.8) is 0 Å². The molecule has 1 aliphatic heterocycles. The van der Waals surface area contributed by atoms with E-state index >= 15 is 0 Å². The van der Waals surface area contributed by atoms with Gasteiger partial charge in [-0.05, 0) is 45.1 Å². The van der Waals surface area contributed by atoms with Gasteiger partial charge in [-0.2, -0.15) is 0 Å². The number of thiocarbonyl (C=S) groups is 1. The molecule has 1 aromatic rings. The summed E-state index contributed by atoms with van der Waals surface area (Å²) in [4.78, 5) is 15.6. The second-order valence-electron chi connectivity index (χ2n) is 6.37. The molecule has 1 aromatic carbocycles. The van der Waals surface area contributed by atoms with Gasteiger partial charge >= 0.3 is 5.97 Å². The Labute approximate surface area is 164 Å². The SMILES string of the molecule is CC[NH+](CC)CCN1C(=S)N[C@H](c2c(F)cccc2F)C(C(=O)OC)=C1C. The van der Waals surface area contributed by atoms with Crippen LogP contribution in [0.5, 0.6) is 0 Å². The minimum Gasteiger partial charge on any atom is -0.466 e. The van der Waals surface area contributed by atoms with E-state index < -0.39 is 23.6 Å². The predicted octanol–water partition coefficient (Wildman–Crippen LogP) is 1.57.